The van der Waals surface area contributed by atoms with Gasteiger partial charge in [0.25, 0.3) is 0 Å². The Labute approximate surface area is 113 Å². The summed E-state index contributed by atoms with van der Waals surface area (Å²) in [6, 6.07) is 10.2. The van der Waals surface area contributed by atoms with Crippen LogP contribution in [0.15, 0.2) is 30.3 Å². The Balaban J connectivity index is 1.67. The molecule has 0 aliphatic heterocycles. The molecule has 0 heterocycles. The first-order chi connectivity index (χ1) is 9.28. The topological polar surface area (TPSA) is 76.4 Å². The number of nitrogens with two attached hydrogens (primary N) is 1. The second-order valence-corrected chi connectivity index (χ2v) is 4.92. The minimum absolute atomic E-state index is 0.202. The Kier molecular flexibility index (Phi) is 5.18. The number of nitrogens with one attached hydrogen (secondary N) is 2. The Morgan fingerprint density at radius 2 is 1.79 bits per heavy atom. The molecule has 0 spiro atoms. The summed E-state index contributed by atoms with van der Waals surface area (Å²) in [5.74, 6) is 5.40. The number of benzene rings is 1. The van der Waals surface area contributed by atoms with Crippen molar-refractivity contribution < 1.29 is 9.53 Å². The standard InChI is InChI=1S/C14H21N3O2/c15-17-13-8-6-12(7-9-13)16-14(18)19-10-11-4-2-1-3-5-11/h1-5,12-13,17H,6-10,15H2,(H,16,18). The van der Waals surface area contributed by atoms with Crippen molar-refractivity contribution in [2.24, 2.45) is 5.84 Å². The number of hydrogen-bond acceptors (Lipinski definition) is 4. The lowest BCUT2D eigenvalue weighted by molar-refractivity contribution is 0.132. The molecule has 4 N–H and O–H groups in total. The van der Waals surface area contributed by atoms with E-state index in [4.69, 9.17) is 10.6 Å². The maximum atomic E-state index is 11.7. The van der Waals surface area contributed by atoms with Gasteiger partial charge in [0.15, 0.2) is 0 Å². The predicted molar refractivity (Wildman–Crippen MR) is 73.1 cm³/mol. The number of hydrazine groups is 1. The molecule has 1 aromatic carbocycles. The molecule has 1 saturated carbocycles. The van der Waals surface area contributed by atoms with Gasteiger partial charge in [0.1, 0.15) is 6.61 Å². The number of hydrogen-bond donors (Lipinski definition) is 3. The Bertz CT molecular complexity index is 389. The van der Waals surface area contributed by atoms with Crippen LogP contribution in [0.2, 0.25) is 0 Å². The van der Waals surface area contributed by atoms with Gasteiger partial charge in [-0.1, -0.05) is 30.3 Å². The summed E-state index contributed by atoms with van der Waals surface area (Å²) in [5.41, 5.74) is 3.77. The van der Waals surface area contributed by atoms with E-state index in [2.05, 4.69) is 10.7 Å². The lowest BCUT2D eigenvalue weighted by Crippen LogP contribution is -2.44. The average Bonchev–Trinajstić information content (AvgIpc) is 2.47. The van der Waals surface area contributed by atoms with Gasteiger partial charge in [-0.2, -0.15) is 0 Å². The molecule has 0 saturated heterocycles. The highest BCUT2D eigenvalue weighted by atomic mass is 16.5. The fraction of sp³-hybridized carbons (Fsp3) is 0.500. The first-order valence-corrected chi connectivity index (χ1v) is 6.71. The van der Waals surface area contributed by atoms with Gasteiger partial charge in [0.2, 0.25) is 0 Å². The van der Waals surface area contributed by atoms with E-state index >= 15 is 0 Å². The summed E-state index contributed by atoms with van der Waals surface area (Å²) in [5, 5.41) is 2.90. The molecule has 104 valence electrons. The molecule has 0 unspecified atom stereocenters. The van der Waals surface area contributed by atoms with Crippen LogP contribution >= 0.6 is 0 Å². The van der Waals surface area contributed by atoms with Crippen LogP contribution in [-0.4, -0.2) is 18.2 Å². The maximum Gasteiger partial charge on any atom is 0.407 e. The SMILES string of the molecule is NNC1CCC(NC(=O)OCc2ccccc2)CC1. The summed E-state index contributed by atoms with van der Waals surface area (Å²) in [7, 11) is 0. The van der Waals surface area contributed by atoms with Crippen molar-refractivity contribution in [3.8, 4) is 0 Å². The van der Waals surface area contributed by atoms with Gasteiger partial charge in [-0.15, -0.1) is 0 Å². The zero-order valence-corrected chi connectivity index (χ0v) is 11.0. The van der Waals surface area contributed by atoms with Gasteiger partial charge in [0.05, 0.1) is 0 Å². The molecule has 1 aliphatic rings. The molecule has 0 atom stereocenters. The molecule has 1 aliphatic carbocycles. The summed E-state index contributed by atoms with van der Waals surface area (Å²) in [4.78, 5) is 11.7. The fourth-order valence-electron chi connectivity index (χ4n) is 2.34. The summed E-state index contributed by atoms with van der Waals surface area (Å²) < 4.78 is 5.19. The monoisotopic (exact) mass is 263 g/mol. The van der Waals surface area contributed by atoms with Crippen molar-refractivity contribution in [1.29, 1.82) is 0 Å². The predicted octanol–water partition coefficient (Wildman–Crippen LogP) is 1.69. The molecule has 0 bridgehead atoms. The van der Waals surface area contributed by atoms with Gasteiger partial charge in [-0.05, 0) is 31.2 Å². The largest absolute Gasteiger partial charge is 0.445 e. The quantitative estimate of drug-likeness (QED) is 0.570. The van der Waals surface area contributed by atoms with E-state index in [1.165, 1.54) is 0 Å². The van der Waals surface area contributed by atoms with Crippen molar-refractivity contribution in [3.05, 3.63) is 35.9 Å². The van der Waals surface area contributed by atoms with Crippen molar-refractivity contribution in [3.63, 3.8) is 0 Å². The number of amides is 1. The van der Waals surface area contributed by atoms with Crippen molar-refractivity contribution in [2.45, 2.75) is 44.4 Å². The molecule has 0 radical (unpaired) electrons. The number of rotatable bonds is 4. The summed E-state index contributed by atoms with van der Waals surface area (Å²) >= 11 is 0. The van der Waals surface area contributed by atoms with Gasteiger partial charge < -0.3 is 10.1 Å². The smallest absolute Gasteiger partial charge is 0.407 e. The van der Waals surface area contributed by atoms with E-state index in [0.29, 0.717) is 12.6 Å². The minimum atomic E-state index is -0.340. The van der Waals surface area contributed by atoms with Crippen LogP contribution in [-0.2, 0) is 11.3 Å². The molecule has 5 heteroatoms. The lowest BCUT2D eigenvalue weighted by atomic mass is 9.92. The summed E-state index contributed by atoms with van der Waals surface area (Å²) in [6.07, 6.45) is 3.51. The van der Waals surface area contributed by atoms with Crippen LogP contribution in [0, 0.1) is 0 Å². The van der Waals surface area contributed by atoms with Crippen LogP contribution in [0.1, 0.15) is 31.2 Å². The third kappa shape index (κ3) is 4.54. The summed E-state index contributed by atoms with van der Waals surface area (Å²) in [6.45, 7) is 0.312. The number of carbonyl (C=O) groups excluding carboxylic acids is 1. The Morgan fingerprint density at radius 3 is 2.42 bits per heavy atom. The normalized spacial score (nSPS) is 22.8. The second-order valence-electron chi connectivity index (χ2n) is 4.92. The first kappa shape index (κ1) is 13.8. The van der Waals surface area contributed by atoms with E-state index < -0.39 is 0 Å². The van der Waals surface area contributed by atoms with Gasteiger partial charge >= 0.3 is 6.09 Å². The molecular weight excluding hydrogens is 242 g/mol. The van der Waals surface area contributed by atoms with Crippen LogP contribution in [0.25, 0.3) is 0 Å². The van der Waals surface area contributed by atoms with E-state index in [1.807, 2.05) is 30.3 Å². The second kappa shape index (κ2) is 7.11. The number of carbonyl (C=O) groups is 1. The van der Waals surface area contributed by atoms with E-state index in [9.17, 15) is 4.79 Å². The van der Waals surface area contributed by atoms with Gasteiger partial charge in [0, 0.05) is 12.1 Å². The highest BCUT2D eigenvalue weighted by molar-refractivity contribution is 5.67. The average molecular weight is 263 g/mol. The zero-order valence-electron chi connectivity index (χ0n) is 11.0. The van der Waals surface area contributed by atoms with Crippen LogP contribution in [0.4, 0.5) is 4.79 Å². The van der Waals surface area contributed by atoms with E-state index in [-0.39, 0.29) is 12.1 Å². The van der Waals surface area contributed by atoms with E-state index in [0.717, 1.165) is 31.2 Å². The zero-order chi connectivity index (χ0) is 13.5. The number of alkyl carbamates (subject to hydrolysis) is 1. The van der Waals surface area contributed by atoms with Crippen LogP contribution in [0.5, 0.6) is 0 Å². The third-order valence-electron chi connectivity index (χ3n) is 3.50. The molecule has 0 aromatic heterocycles. The third-order valence-corrected chi connectivity index (χ3v) is 3.50. The van der Waals surface area contributed by atoms with Crippen molar-refractivity contribution in [2.75, 3.05) is 0 Å². The fourth-order valence-corrected chi connectivity index (χ4v) is 2.34. The highest BCUT2D eigenvalue weighted by Crippen LogP contribution is 2.18. The van der Waals surface area contributed by atoms with Crippen molar-refractivity contribution >= 4 is 6.09 Å². The molecule has 1 fully saturated rings. The molecule has 5 nitrogen and oxygen atoms in total. The highest BCUT2D eigenvalue weighted by Gasteiger charge is 2.21. The number of ether oxygens (including phenoxy) is 1. The molecule has 1 aromatic rings. The van der Waals surface area contributed by atoms with E-state index in [1.54, 1.807) is 0 Å². The lowest BCUT2D eigenvalue weighted by Gasteiger charge is -2.28. The van der Waals surface area contributed by atoms with Crippen LogP contribution in [0.3, 0.4) is 0 Å². The first-order valence-electron chi connectivity index (χ1n) is 6.71. The molecule has 2 rings (SSSR count). The Morgan fingerprint density at radius 1 is 1.16 bits per heavy atom. The Hall–Kier alpha value is -1.59. The molecule has 19 heavy (non-hydrogen) atoms. The van der Waals surface area contributed by atoms with Gasteiger partial charge in [-0.3, -0.25) is 11.3 Å². The van der Waals surface area contributed by atoms with Crippen LogP contribution < -0.4 is 16.6 Å². The minimum Gasteiger partial charge on any atom is -0.445 e. The maximum absolute atomic E-state index is 11.7. The van der Waals surface area contributed by atoms with Gasteiger partial charge in [-0.25, -0.2) is 4.79 Å². The van der Waals surface area contributed by atoms with Crippen molar-refractivity contribution in [1.82, 2.24) is 10.7 Å². The molecule has 1 amide bonds. The molecular formula is C14H21N3O2.